The van der Waals surface area contributed by atoms with Crippen LogP contribution in [0, 0.1) is 5.92 Å². The van der Waals surface area contributed by atoms with Crippen LogP contribution >= 0.6 is 0 Å². The van der Waals surface area contributed by atoms with Crippen molar-refractivity contribution in [2.75, 3.05) is 19.6 Å². The Balaban J connectivity index is 2.31. The number of urea groups is 1. The summed E-state index contributed by atoms with van der Waals surface area (Å²) in [5.41, 5.74) is 0. The molecule has 1 rings (SSSR count). The first-order valence-corrected chi connectivity index (χ1v) is 6.03. The Bertz CT molecular complexity index is 302. The SMILES string of the molecule is CCN(CC(=O)O)C(=O)NCC1CC=CCC1. The van der Waals surface area contributed by atoms with E-state index in [4.69, 9.17) is 5.11 Å². The molecule has 0 spiro atoms. The monoisotopic (exact) mass is 240 g/mol. The van der Waals surface area contributed by atoms with Gasteiger partial charge in [0.15, 0.2) is 0 Å². The first kappa shape index (κ1) is 13.5. The minimum atomic E-state index is -0.984. The van der Waals surface area contributed by atoms with Crippen molar-refractivity contribution in [1.29, 1.82) is 0 Å². The smallest absolute Gasteiger partial charge is 0.323 e. The first-order chi connectivity index (χ1) is 8.13. The maximum Gasteiger partial charge on any atom is 0.323 e. The third kappa shape index (κ3) is 4.89. The Labute approximate surface area is 101 Å². The average Bonchev–Trinajstić information content (AvgIpc) is 2.34. The van der Waals surface area contributed by atoms with E-state index in [0.717, 1.165) is 19.3 Å². The van der Waals surface area contributed by atoms with Crippen molar-refractivity contribution in [3.05, 3.63) is 12.2 Å². The number of carbonyl (C=O) groups is 2. The van der Waals surface area contributed by atoms with Gasteiger partial charge in [0.05, 0.1) is 0 Å². The van der Waals surface area contributed by atoms with Gasteiger partial charge in [0.25, 0.3) is 0 Å². The van der Waals surface area contributed by atoms with E-state index in [-0.39, 0.29) is 12.6 Å². The molecule has 0 aromatic rings. The molecule has 0 saturated carbocycles. The second-order valence-corrected chi connectivity index (χ2v) is 4.24. The summed E-state index contributed by atoms with van der Waals surface area (Å²) in [6.07, 6.45) is 7.43. The molecule has 2 amide bonds. The summed E-state index contributed by atoms with van der Waals surface area (Å²) in [5.74, 6) is -0.505. The van der Waals surface area contributed by atoms with Crippen LogP contribution < -0.4 is 5.32 Å². The van der Waals surface area contributed by atoms with Crippen molar-refractivity contribution in [2.45, 2.75) is 26.2 Å². The molecule has 5 heteroatoms. The van der Waals surface area contributed by atoms with Gasteiger partial charge in [0.1, 0.15) is 6.54 Å². The molecule has 2 N–H and O–H groups in total. The number of likely N-dealkylation sites (N-methyl/N-ethyl adjacent to an activating group) is 1. The number of hydrogen-bond donors (Lipinski definition) is 2. The Morgan fingerprint density at radius 1 is 1.47 bits per heavy atom. The van der Waals surface area contributed by atoms with Gasteiger partial charge in [0, 0.05) is 13.1 Å². The van der Waals surface area contributed by atoms with E-state index >= 15 is 0 Å². The average molecular weight is 240 g/mol. The van der Waals surface area contributed by atoms with Crippen LogP contribution in [0.5, 0.6) is 0 Å². The van der Waals surface area contributed by atoms with Crippen LogP contribution in [-0.2, 0) is 4.79 Å². The third-order valence-electron chi connectivity index (χ3n) is 2.91. The fourth-order valence-electron chi connectivity index (χ4n) is 1.88. The van der Waals surface area contributed by atoms with E-state index in [1.807, 2.05) is 0 Å². The summed E-state index contributed by atoms with van der Waals surface area (Å²) < 4.78 is 0. The number of carbonyl (C=O) groups excluding carboxylic acids is 1. The minimum absolute atomic E-state index is 0.243. The minimum Gasteiger partial charge on any atom is -0.480 e. The Kier molecular flexibility index (Phi) is 5.52. The molecule has 0 fully saturated rings. The quantitative estimate of drug-likeness (QED) is 0.715. The highest BCUT2D eigenvalue weighted by Gasteiger charge is 2.16. The fraction of sp³-hybridized carbons (Fsp3) is 0.667. The van der Waals surface area contributed by atoms with Crippen molar-refractivity contribution in [2.24, 2.45) is 5.92 Å². The molecule has 0 radical (unpaired) electrons. The largest absolute Gasteiger partial charge is 0.480 e. The summed E-state index contributed by atoms with van der Waals surface area (Å²) in [5, 5.41) is 11.4. The zero-order valence-corrected chi connectivity index (χ0v) is 10.2. The third-order valence-corrected chi connectivity index (χ3v) is 2.91. The van der Waals surface area contributed by atoms with E-state index in [1.54, 1.807) is 6.92 Å². The summed E-state index contributed by atoms with van der Waals surface area (Å²) in [7, 11) is 0. The van der Waals surface area contributed by atoms with Gasteiger partial charge >= 0.3 is 12.0 Å². The number of nitrogens with zero attached hydrogens (tertiary/aromatic N) is 1. The molecule has 1 atom stereocenters. The predicted octanol–water partition coefficient (Wildman–Crippen LogP) is 1.46. The number of rotatable bonds is 5. The van der Waals surface area contributed by atoms with Crippen LogP contribution in [0.2, 0.25) is 0 Å². The topological polar surface area (TPSA) is 69.6 Å². The molecule has 0 aromatic carbocycles. The number of allylic oxidation sites excluding steroid dienone is 2. The lowest BCUT2D eigenvalue weighted by Crippen LogP contribution is -2.44. The molecule has 0 heterocycles. The van der Waals surface area contributed by atoms with Crippen molar-refractivity contribution in [3.8, 4) is 0 Å². The summed E-state index contributed by atoms with van der Waals surface area (Å²) in [6, 6.07) is -0.288. The summed E-state index contributed by atoms with van der Waals surface area (Å²) >= 11 is 0. The highest BCUT2D eigenvalue weighted by Crippen LogP contribution is 2.16. The summed E-state index contributed by atoms with van der Waals surface area (Å²) in [6.45, 7) is 2.56. The Hall–Kier alpha value is -1.52. The molecule has 1 aliphatic rings. The molecule has 0 bridgehead atoms. The lowest BCUT2D eigenvalue weighted by Gasteiger charge is -2.22. The lowest BCUT2D eigenvalue weighted by atomic mass is 9.94. The second kappa shape index (κ2) is 6.93. The van der Waals surface area contributed by atoms with Gasteiger partial charge in [-0.2, -0.15) is 0 Å². The van der Waals surface area contributed by atoms with E-state index < -0.39 is 5.97 Å². The van der Waals surface area contributed by atoms with Crippen LogP contribution in [0.3, 0.4) is 0 Å². The van der Waals surface area contributed by atoms with Gasteiger partial charge in [-0.25, -0.2) is 4.79 Å². The number of aliphatic carboxylic acids is 1. The maximum absolute atomic E-state index is 11.7. The molecule has 1 aliphatic carbocycles. The molecular formula is C12H20N2O3. The van der Waals surface area contributed by atoms with Gasteiger partial charge in [-0.1, -0.05) is 12.2 Å². The zero-order chi connectivity index (χ0) is 12.7. The van der Waals surface area contributed by atoms with Crippen LogP contribution in [-0.4, -0.2) is 41.6 Å². The van der Waals surface area contributed by atoms with E-state index in [9.17, 15) is 9.59 Å². The van der Waals surface area contributed by atoms with Crippen LogP contribution in [0.25, 0.3) is 0 Å². The van der Waals surface area contributed by atoms with Crippen LogP contribution in [0.1, 0.15) is 26.2 Å². The fourth-order valence-corrected chi connectivity index (χ4v) is 1.88. The maximum atomic E-state index is 11.7. The number of nitrogens with one attached hydrogen (secondary N) is 1. The molecule has 5 nitrogen and oxygen atoms in total. The number of hydrogen-bond acceptors (Lipinski definition) is 2. The van der Waals surface area contributed by atoms with Gasteiger partial charge in [0.2, 0.25) is 0 Å². The normalized spacial score (nSPS) is 18.8. The molecule has 96 valence electrons. The second-order valence-electron chi connectivity index (χ2n) is 4.24. The van der Waals surface area contributed by atoms with Crippen molar-refractivity contribution < 1.29 is 14.7 Å². The van der Waals surface area contributed by atoms with Crippen molar-refractivity contribution in [1.82, 2.24) is 10.2 Å². The Morgan fingerprint density at radius 2 is 2.24 bits per heavy atom. The zero-order valence-electron chi connectivity index (χ0n) is 10.2. The highest BCUT2D eigenvalue weighted by molar-refractivity contribution is 5.80. The molecule has 0 saturated heterocycles. The van der Waals surface area contributed by atoms with Crippen LogP contribution in [0.15, 0.2) is 12.2 Å². The molecule has 17 heavy (non-hydrogen) atoms. The molecule has 0 aromatic heterocycles. The van der Waals surface area contributed by atoms with Crippen molar-refractivity contribution >= 4 is 12.0 Å². The van der Waals surface area contributed by atoms with Crippen LogP contribution in [0.4, 0.5) is 4.79 Å². The number of amides is 2. The van der Waals surface area contributed by atoms with E-state index in [0.29, 0.717) is 19.0 Å². The van der Waals surface area contributed by atoms with Gasteiger partial charge < -0.3 is 15.3 Å². The standard InChI is InChI=1S/C12H20N2O3/c1-2-14(9-11(15)16)12(17)13-8-10-6-4-3-5-7-10/h3-4,10H,2,5-9H2,1H3,(H,13,17)(H,15,16). The first-order valence-electron chi connectivity index (χ1n) is 6.03. The number of carboxylic acid groups (broad SMARTS) is 1. The van der Waals surface area contributed by atoms with E-state index in [2.05, 4.69) is 17.5 Å². The molecular weight excluding hydrogens is 220 g/mol. The molecule has 1 unspecified atom stereocenters. The predicted molar refractivity (Wildman–Crippen MR) is 64.8 cm³/mol. The lowest BCUT2D eigenvalue weighted by molar-refractivity contribution is -0.137. The van der Waals surface area contributed by atoms with Gasteiger partial charge in [-0.15, -0.1) is 0 Å². The van der Waals surface area contributed by atoms with Gasteiger partial charge in [-0.3, -0.25) is 4.79 Å². The van der Waals surface area contributed by atoms with Gasteiger partial charge in [-0.05, 0) is 32.1 Å². The van der Waals surface area contributed by atoms with E-state index in [1.165, 1.54) is 4.90 Å². The number of carboxylic acids is 1. The Morgan fingerprint density at radius 3 is 2.76 bits per heavy atom. The molecule has 0 aliphatic heterocycles. The van der Waals surface area contributed by atoms with Crippen molar-refractivity contribution in [3.63, 3.8) is 0 Å². The summed E-state index contributed by atoms with van der Waals surface area (Å²) in [4.78, 5) is 23.5. The highest BCUT2D eigenvalue weighted by atomic mass is 16.4.